The number of nitrogens with one attached hydrogen (secondary N) is 1. The smallest absolute Gasteiger partial charge is 0.106 e. The number of rotatable bonds is 3. The van der Waals surface area contributed by atoms with Crippen LogP contribution in [0.2, 0.25) is 5.02 Å². The lowest BCUT2D eigenvalue weighted by atomic mass is 10.3. The summed E-state index contributed by atoms with van der Waals surface area (Å²) in [6, 6.07) is 11.6. The van der Waals surface area contributed by atoms with Crippen LogP contribution in [0.5, 0.6) is 0 Å². The molecule has 0 radical (unpaired) electrons. The van der Waals surface area contributed by atoms with E-state index in [9.17, 15) is 0 Å². The SMILES string of the molecule is Clc1cc(Br)ccc1NCc1cccc(Br)n1. The first kappa shape index (κ1) is 12.9. The van der Waals surface area contributed by atoms with Crippen LogP contribution in [0.4, 0.5) is 5.69 Å². The molecule has 5 heteroatoms. The number of hydrogen-bond acceptors (Lipinski definition) is 2. The molecule has 0 fully saturated rings. The predicted molar refractivity (Wildman–Crippen MR) is 78.4 cm³/mol. The summed E-state index contributed by atoms with van der Waals surface area (Å²) >= 11 is 12.8. The summed E-state index contributed by atoms with van der Waals surface area (Å²) in [6.07, 6.45) is 0. The molecule has 88 valence electrons. The van der Waals surface area contributed by atoms with Gasteiger partial charge in [-0.2, -0.15) is 0 Å². The molecule has 0 aliphatic carbocycles. The monoisotopic (exact) mass is 374 g/mol. The fourth-order valence-corrected chi connectivity index (χ4v) is 2.49. The van der Waals surface area contributed by atoms with Crippen molar-refractivity contribution in [3.8, 4) is 0 Å². The van der Waals surface area contributed by atoms with Crippen molar-refractivity contribution >= 4 is 49.1 Å². The van der Waals surface area contributed by atoms with Gasteiger partial charge in [0, 0.05) is 4.47 Å². The van der Waals surface area contributed by atoms with E-state index < -0.39 is 0 Å². The standard InChI is InChI=1S/C12H9Br2ClN2/c13-8-4-5-11(10(15)6-8)16-7-9-2-1-3-12(14)17-9/h1-6,16H,7H2. The lowest BCUT2D eigenvalue weighted by Gasteiger charge is -2.08. The van der Waals surface area contributed by atoms with Gasteiger partial charge in [-0.25, -0.2) is 4.98 Å². The van der Waals surface area contributed by atoms with Crippen molar-refractivity contribution in [2.24, 2.45) is 0 Å². The fourth-order valence-electron chi connectivity index (χ4n) is 1.37. The Morgan fingerprint density at radius 3 is 2.71 bits per heavy atom. The van der Waals surface area contributed by atoms with Crippen LogP contribution >= 0.6 is 43.5 Å². The molecule has 0 unspecified atom stereocenters. The lowest BCUT2D eigenvalue weighted by Crippen LogP contribution is -2.01. The molecule has 0 bridgehead atoms. The third kappa shape index (κ3) is 3.69. The Kier molecular flexibility index (Phi) is 4.42. The van der Waals surface area contributed by atoms with E-state index >= 15 is 0 Å². The minimum atomic E-state index is 0.640. The van der Waals surface area contributed by atoms with Gasteiger partial charge >= 0.3 is 0 Å². The maximum absolute atomic E-state index is 6.10. The largest absolute Gasteiger partial charge is 0.378 e. The van der Waals surface area contributed by atoms with Crippen molar-refractivity contribution in [3.05, 3.63) is 56.2 Å². The first-order valence-electron chi connectivity index (χ1n) is 4.95. The predicted octanol–water partition coefficient (Wildman–Crippen LogP) is 4.87. The lowest BCUT2D eigenvalue weighted by molar-refractivity contribution is 1.03. The van der Waals surface area contributed by atoms with E-state index in [4.69, 9.17) is 11.6 Å². The van der Waals surface area contributed by atoms with Crippen molar-refractivity contribution in [2.45, 2.75) is 6.54 Å². The third-order valence-corrected chi connectivity index (χ3v) is 3.41. The van der Waals surface area contributed by atoms with Crippen LogP contribution in [0.15, 0.2) is 45.5 Å². The topological polar surface area (TPSA) is 24.9 Å². The van der Waals surface area contributed by atoms with Gasteiger partial charge in [-0.3, -0.25) is 0 Å². The first-order chi connectivity index (χ1) is 8.15. The van der Waals surface area contributed by atoms with Gasteiger partial charge in [-0.1, -0.05) is 33.6 Å². The molecule has 17 heavy (non-hydrogen) atoms. The maximum atomic E-state index is 6.10. The molecule has 2 aromatic rings. The van der Waals surface area contributed by atoms with E-state index in [1.54, 1.807) is 0 Å². The summed E-state index contributed by atoms with van der Waals surface area (Å²) in [5.41, 5.74) is 1.86. The minimum Gasteiger partial charge on any atom is -0.378 e. The van der Waals surface area contributed by atoms with Crippen LogP contribution in [-0.2, 0) is 6.54 Å². The summed E-state index contributed by atoms with van der Waals surface area (Å²) in [4.78, 5) is 4.34. The zero-order valence-electron chi connectivity index (χ0n) is 8.75. The van der Waals surface area contributed by atoms with Gasteiger partial charge in [0.05, 0.1) is 22.9 Å². The van der Waals surface area contributed by atoms with Crippen molar-refractivity contribution in [2.75, 3.05) is 5.32 Å². The van der Waals surface area contributed by atoms with Gasteiger partial charge in [0.25, 0.3) is 0 Å². The molecule has 2 nitrogen and oxygen atoms in total. The van der Waals surface area contributed by atoms with Crippen molar-refractivity contribution in [3.63, 3.8) is 0 Å². The van der Waals surface area contributed by atoms with E-state index in [1.807, 2.05) is 36.4 Å². The molecule has 0 atom stereocenters. The van der Waals surface area contributed by atoms with Gasteiger partial charge in [0.15, 0.2) is 0 Å². The highest BCUT2D eigenvalue weighted by atomic mass is 79.9. The van der Waals surface area contributed by atoms with Crippen molar-refractivity contribution in [1.82, 2.24) is 4.98 Å². The summed E-state index contributed by atoms with van der Waals surface area (Å²) in [7, 11) is 0. The molecule has 2 rings (SSSR count). The molecule has 0 spiro atoms. The van der Waals surface area contributed by atoms with E-state index in [0.717, 1.165) is 20.5 Å². The molecule has 0 saturated heterocycles. The molecule has 0 amide bonds. The molecule has 1 aromatic heterocycles. The number of benzene rings is 1. The quantitative estimate of drug-likeness (QED) is 0.773. The Hall–Kier alpha value is -0.580. The Morgan fingerprint density at radius 2 is 2.00 bits per heavy atom. The second kappa shape index (κ2) is 5.85. The average Bonchev–Trinajstić information content (AvgIpc) is 2.28. The highest BCUT2D eigenvalue weighted by molar-refractivity contribution is 9.10. The Labute approximate surface area is 122 Å². The molecule has 0 saturated carbocycles. The summed E-state index contributed by atoms with van der Waals surface area (Å²) in [6.45, 7) is 0.640. The van der Waals surface area contributed by atoms with Crippen LogP contribution in [0.25, 0.3) is 0 Å². The highest BCUT2D eigenvalue weighted by Crippen LogP contribution is 2.25. The van der Waals surface area contributed by atoms with Gasteiger partial charge < -0.3 is 5.32 Å². The van der Waals surface area contributed by atoms with Crippen molar-refractivity contribution < 1.29 is 0 Å². The molecule has 0 aliphatic heterocycles. The zero-order chi connectivity index (χ0) is 12.3. The molecule has 1 heterocycles. The second-order valence-corrected chi connectivity index (χ2v) is 5.56. The maximum Gasteiger partial charge on any atom is 0.106 e. The van der Waals surface area contributed by atoms with Crippen LogP contribution in [0.3, 0.4) is 0 Å². The Balaban J connectivity index is 2.07. The summed E-state index contributed by atoms with van der Waals surface area (Å²) in [5, 5.41) is 3.94. The molecule has 1 N–H and O–H groups in total. The number of hydrogen-bond donors (Lipinski definition) is 1. The van der Waals surface area contributed by atoms with Gasteiger partial charge in [-0.15, -0.1) is 0 Å². The van der Waals surface area contributed by atoms with Gasteiger partial charge in [-0.05, 0) is 46.3 Å². The van der Waals surface area contributed by atoms with E-state index in [2.05, 4.69) is 42.2 Å². The summed E-state index contributed by atoms with van der Waals surface area (Å²) in [5.74, 6) is 0. The number of anilines is 1. The van der Waals surface area contributed by atoms with E-state index in [0.29, 0.717) is 11.6 Å². The molecular weight excluding hydrogens is 367 g/mol. The van der Waals surface area contributed by atoms with Gasteiger partial charge in [0.2, 0.25) is 0 Å². The fraction of sp³-hybridized carbons (Fsp3) is 0.0833. The Bertz CT molecular complexity index is 532. The highest BCUT2D eigenvalue weighted by Gasteiger charge is 2.01. The van der Waals surface area contributed by atoms with E-state index in [-0.39, 0.29) is 0 Å². The van der Waals surface area contributed by atoms with Gasteiger partial charge in [0.1, 0.15) is 4.60 Å². The number of halogens is 3. The van der Waals surface area contributed by atoms with Crippen LogP contribution in [-0.4, -0.2) is 4.98 Å². The van der Waals surface area contributed by atoms with Crippen LogP contribution < -0.4 is 5.32 Å². The second-order valence-electron chi connectivity index (χ2n) is 3.43. The minimum absolute atomic E-state index is 0.640. The molecule has 0 aliphatic rings. The number of nitrogens with zero attached hydrogens (tertiary/aromatic N) is 1. The van der Waals surface area contributed by atoms with Crippen molar-refractivity contribution in [1.29, 1.82) is 0 Å². The molecular formula is C12H9Br2ClN2. The number of aromatic nitrogens is 1. The zero-order valence-corrected chi connectivity index (χ0v) is 12.7. The average molecular weight is 376 g/mol. The molecule has 1 aromatic carbocycles. The number of pyridine rings is 1. The normalized spacial score (nSPS) is 10.3. The van der Waals surface area contributed by atoms with E-state index in [1.165, 1.54) is 0 Å². The third-order valence-electron chi connectivity index (χ3n) is 2.16. The van der Waals surface area contributed by atoms with Crippen LogP contribution in [0.1, 0.15) is 5.69 Å². The Morgan fingerprint density at radius 1 is 1.18 bits per heavy atom. The van der Waals surface area contributed by atoms with Crippen LogP contribution in [0, 0.1) is 0 Å². The summed E-state index contributed by atoms with van der Waals surface area (Å²) < 4.78 is 1.80. The first-order valence-corrected chi connectivity index (χ1v) is 6.92.